The molecule has 0 amide bonds. The number of nitrogens with zero attached hydrogens (tertiary/aromatic N) is 4. The number of pyridine rings is 4. The van der Waals surface area contributed by atoms with E-state index in [0.717, 1.165) is 22.5 Å². The van der Waals surface area contributed by atoms with Crippen LogP contribution >= 0.6 is 7.81 Å². The van der Waals surface area contributed by atoms with Gasteiger partial charge in [0.05, 0.1) is 0 Å². The van der Waals surface area contributed by atoms with Crippen LogP contribution in [0.2, 0.25) is 0 Å². The van der Waals surface area contributed by atoms with Crippen molar-refractivity contribution in [2.75, 3.05) is 0 Å². The molecule has 285 valence electrons. The van der Waals surface area contributed by atoms with Gasteiger partial charge in [-0.25, -0.2) is 0 Å². The zero-order chi connectivity index (χ0) is 38.5. The molecule has 0 aliphatic heterocycles. The van der Waals surface area contributed by atoms with Crippen molar-refractivity contribution in [3.8, 4) is 22.5 Å². The molecular weight excluding hydrogens is 874 g/mol. The van der Waals surface area contributed by atoms with Gasteiger partial charge in [-0.1, -0.05) is 49.1 Å². The van der Waals surface area contributed by atoms with E-state index < -0.39 is 7.81 Å². The molecule has 0 unspecified atom stereocenters. The Balaban J connectivity index is 0. The van der Waals surface area contributed by atoms with Crippen LogP contribution in [0.15, 0.2) is 146 Å². The molecule has 52 heavy (non-hydrogen) atoms. The minimum Gasteiger partial charge on any atom is -0.394 e. The first-order valence-electron chi connectivity index (χ1n) is 15.3. The molecular formula is C40H42F6IrN4P-7. The Morgan fingerprint density at radius 3 is 0.904 bits per heavy atom. The largest absolute Gasteiger partial charge is 0.394 e. The van der Waals surface area contributed by atoms with Crippen molar-refractivity contribution >= 4 is 7.81 Å². The third kappa shape index (κ3) is 40.1. The second-order valence-corrected chi connectivity index (χ2v) is 12.8. The van der Waals surface area contributed by atoms with Gasteiger partial charge in [0.1, 0.15) is 0 Å². The van der Waals surface area contributed by atoms with Crippen molar-refractivity contribution in [3.05, 3.63) is 182 Å². The Morgan fingerprint density at radius 1 is 0.442 bits per heavy atom. The fourth-order valence-corrected chi connectivity index (χ4v) is 2.70. The molecule has 0 bridgehead atoms. The van der Waals surface area contributed by atoms with Crippen LogP contribution in [0, 0.1) is 36.4 Å². The van der Waals surface area contributed by atoms with Crippen molar-refractivity contribution in [1.29, 1.82) is 0 Å². The predicted octanol–water partition coefficient (Wildman–Crippen LogP) is 13.5. The molecule has 4 nitrogen and oxygen atoms in total. The monoisotopic (exact) mass is 916 g/mol. The Kier molecular flexibility index (Phi) is 25.4. The van der Waals surface area contributed by atoms with Gasteiger partial charge in [0, 0.05) is 32.5 Å². The average molecular weight is 916 g/mol. The molecule has 1 radical (unpaired) electrons. The van der Waals surface area contributed by atoms with Crippen LogP contribution in [0.3, 0.4) is 0 Å². The summed E-state index contributed by atoms with van der Waals surface area (Å²) in [7, 11) is -10.7. The number of rotatable bonds is 2. The number of benzene rings is 2. The molecule has 0 aliphatic carbocycles. The summed E-state index contributed by atoms with van der Waals surface area (Å²) in [4.78, 5) is 15.8. The van der Waals surface area contributed by atoms with Crippen LogP contribution in [-0.4, -0.2) is 19.9 Å². The molecule has 4 aromatic heterocycles. The normalized spacial score (nSPS) is 10.8. The molecule has 12 heteroatoms. The number of hydrogen-bond acceptors (Lipinski definition) is 4. The van der Waals surface area contributed by atoms with Crippen molar-refractivity contribution in [2.24, 2.45) is 0 Å². The topological polar surface area (TPSA) is 51.6 Å². The maximum Gasteiger partial charge on any atom is 0.0160 e. The molecule has 0 saturated heterocycles. The summed E-state index contributed by atoms with van der Waals surface area (Å²) < 4.78 is 59.2. The van der Waals surface area contributed by atoms with E-state index in [1.54, 1.807) is 36.9 Å². The molecule has 0 aliphatic rings. The van der Waals surface area contributed by atoms with Gasteiger partial charge >= 0.3 is 33.0 Å². The standard InChI is InChI=1S/2C11H8N.2C5H4N.2C4H9.F6P.Ir/c2*1-2-6-10(7-3-1)11-8-4-5-9-12-11;2*1-2-4-6-5-3-1;2*1-4(2)3;1-7(2,3,4,5)6;/h2*1-6,8-9H;2*1-4H;2*1-3H3;;/q7*-1;. The number of halogens is 6. The number of aromatic nitrogens is 4. The summed E-state index contributed by atoms with van der Waals surface area (Å²) in [6.45, 7) is 12.5. The van der Waals surface area contributed by atoms with E-state index in [1.807, 2.05) is 109 Å². The Hall–Kier alpha value is -4.30. The summed E-state index contributed by atoms with van der Waals surface area (Å²) in [5, 5.41) is 0. The van der Waals surface area contributed by atoms with Crippen molar-refractivity contribution in [2.45, 2.75) is 41.5 Å². The molecule has 0 N–H and O–H groups in total. The summed E-state index contributed by atoms with van der Waals surface area (Å²) >= 11 is 0. The fraction of sp³-hybridized carbons (Fsp3) is 0.150. The van der Waals surface area contributed by atoms with Gasteiger partial charge in [-0.3, -0.25) is 0 Å². The first-order chi connectivity index (χ1) is 23.8. The summed E-state index contributed by atoms with van der Waals surface area (Å²) in [6.07, 6.45) is 12.2. The Morgan fingerprint density at radius 2 is 0.731 bits per heavy atom. The van der Waals surface area contributed by atoms with Crippen LogP contribution in [0.1, 0.15) is 41.5 Å². The average Bonchev–Trinajstić information content (AvgIpc) is 3.10. The van der Waals surface area contributed by atoms with Crippen LogP contribution < -0.4 is 0 Å². The molecule has 0 atom stereocenters. The summed E-state index contributed by atoms with van der Waals surface area (Å²) in [5.41, 5.74) is 4.02. The van der Waals surface area contributed by atoms with Gasteiger partial charge in [0.2, 0.25) is 0 Å². The Labute approximate surface area is 318 Å². The van der Waals surface area contributed by atoms with Gasteiger partial charge in [-0.15, -0.1) is 71.8 Å². The van der Waals surface area contributed by atoms with E-state index in [9.17, 15) is 25.2 Å². The van der Waals surface area contributed by atoms with Gasteiger partial charge < -0.3 is 31.8 Å². The van der Waals surface area contributed by atoms with E-state index in [2.05, 4.69) is 86.0 Å². The SMILES string of the molecule is C[C-](C)C.C[C-](C)C.F[P-](F)(F)(F)(F)F.[Ir].[c-]1ccccc1-c1ccccn1.[c-]1ccccc1-c1ccccn1.[c-]1ccccn1.[c-]1ccccn1. The van der Waals surface area contributed by atoms with Gasteiger partial charge in [-0.2, -0.15) is 77.9 Å². The van der Waals surface area contributed by atoms with Crippen LogP contribution in [-0.2, 0) is 20.1 Å². The smallest absolute Gasteiger partial charge is 0.0160 e. The molecule has 0 spiro atoms. The van der Waals surface area contributed by atoms with Gasteiger partial charge in [-0.05, 0) is 23.5 Å². The number of hydrogen-bond donors (Lipinski definition) is 0. The van der Waals surface area contributed by atoms with E-state index in [4.69, 9.17) is 0 Å². The van der Waals surface area contributed by atoms with E-state index in [1.165, 1.54) is 11.8 Å². The zero-order valence-corrected chi connectivity index (χ0v) is 33.0. The van der Waals surface area contributed by atoms with E-state index in [-0.39, 0.29) is 20.1 Å². The molecule has 2 aromatic carbocycles. The van der Waals surface area contributed by atoms with Crippen LogP contribution in [0.5, 0.6) is 0 Å². The van der Waals surface area contributed by atoms with Gasteiger partial charge in [0.15, 0.2) is 0 Å². The molecule has 0 saturated carbocycles. The molecule has 0 fully saturated rings. The summed E-state index contributed by atoms with van der Waals surface area (Å²) in [6, 6.07) is 44.6. The van der Waals surface area contributed by atoms with Crippen molar-refractivity contribution in [1.82, 2.24) is 19.9 Å². The molecule has 6 aromatic rings. The second-order valence-electron chi connectivity index (χ2n) is 10.9. The maximum absolute atomic E-state index is 10.7. The fourth-order valence-electron chi connectivity index (χ4n) is 2.70. The van der Waals surface area contributed by atoms with Crippen LogP contribution in [0.4, 0.5) is 25.2 Å². The molecule has 6 rings (SSSR count). The summed E-state index contributed by atoms with van der Waals surface area (Å²) in [5.74, 6) is 2.83. The minimum absolute atomic E-state index is 0. The minimum atomic E-state index is -10.7. The third-order valence-electron chi connectivity index (χ3n) is 4.33. The second kappa shape index (κ2) is 26.5. The Bertz CT molecular complexity index is 1370. The predicted molar refractivity (Wildman–Crippen MR) is 197 cm³/mol. The van der Waals surface area contributed by atoms with E-state index >= 15 is 0 Å². The van der Waals surface area contributed by atoms with Crippen molar-refractivity contribution < 1.29 is 45.3 Å². The van der Waals surface area contributed by atoms with Gasteiger partial charge in [0.25, 0.3) is 0 Å². The van der Waals surface area contributed by atoms with E-state index in [0.29, 0.717) is 0 Å². The molecule has 4 heterocycles. The quantitative estimate of drug-likeness (QED) is 0.0987. The maximum atomic E-state index is 9.87. The van der Waals surface area contributed by atoms with Crippen LogP contribution in [0.25, 0.3) is 22.5 Å². The first-order valence-corrected chi connectivity index (χ1v) is 17.3. The van der Waals surface area contributed by atoms with Crippen molar-refractivity contribution in [3.63, 3.8) is 0 Å². The third-order valence-corrected chi connectivity index (χ3v) is 4.33. The zero-order valence-electron chi connectivity index (χ0n) is 29.7. The first kappa shape index (κ1) is 49.8.